The standard InChI is InChI=1S/C27H33N5O4/c33-26(17-4-6-25(22(9-17)16-1-2-16)36-21-7-8-35-15-21)31-11-19-13-32(14-20(19)12-31)27(34)18-3-5-23-24(10-18)29-30-28-23/h4,6,9,16,18-21H,1-3,5,7-8,10-15H2,(H,28,29,30)/t18?,19-,20-,21?/m1/s1. The van der Waals surface area contributed by atoms with Gasteiger partial charge >= 0.3 is 0 Å². The molecule has 5 aliphatic rings. The smallest absolute Gasteiger partial charge is 0.253 e. The van der Waals surface area contributed by atoms with Crippen molar-refractivity contribution in [3.63, 3.8) is 0 Å². The molecule has 4 atom stereocenters. The van der Waals surface area contributed by atoms with Gasteiger partial charge in [0.05, 0.1) is 24.6 Å². The number of aromatic nitrogens is 3. The van der Waals surface area contributed by atoms with Gasteiger partial charge in [0.15, 0.2) is 0 Å². The lowest BCUT2D eigenvalue weighted by atomic mass is 9.89. The van der Waals surface area contributed by atoms with Crippen LogP contribution < -0.4 is 4.74 Å². The van der Waals surface area contributed by atoms with Gasteiger partial charge in [-0.05, 0) is 55.4 Å². The van der Waals surface area contributed by atoms with E-state index >= 15 is 0 Å². The van der Waals surface area contributed by atoms with Crippen molar-refractivity contribution in [1.82, 2.24) is 25.2 Å². The number of likely N-dealkylation sites (tertiary alicyclic amines) is 2. The third-order valence-corrected chi connectivity index (χ3v) is 8.78. The molecule has 190 valence electrons. The van der Waals surface area contributed by atoms with Gasteiger partial charge in [0.2, 0.25) is 5.91 Å². The number of hydrogen-bond acceptors (Lipinski definition) is 6. The maximum Gasteiger partial charge on any atom is 0.253 e. The maximum atomic E-state index is 13.5. The van der Waals surface area contributed by atoms with Gasteiger partial charge in [0, 0.05) is 62.3 Å². The Morgan fingerprint density at radius 2 is 1.83 bits per heavy atom. The van der Waals surface area contributed by atoms with Crippen LogP contribution >= 0.6 is 0 Å². The number of carbonyl (C=O) groups is 2. The van der Waals surface area contributed by atoms with E-state index in [1.807, 2.05) is 21.9 Å². The van der Waals surface area contributed by atoms with Crippen LogP contribution in [0.5, 0.6) is 5.75 Å². The van der Waals surface area contributed by atoms with Crippen LogP contribution in [0.1, 0.15) is 58.9 Å². The molecule has 1 saturated carbocycles. The van der Waals surface area contributed by atoms with E-state index in [-0.39, 0.29) is 23.8 Å². The van der Waals surface area contributed by atoms with E-state index in [4.69, 9.17) is 9.47 Å². The minimum Gasteiger partial charge on any atom is -0.488 e. The molecule has 2 aliphatic carbocycles. The first-order valence-electron chi connectivity index (χ1n) is 13.5. The number of benzene rings is 1. The lowest BCUT2D eigenvalue weighted by Gasteiger charge is -2.27. The SMILES string of the molecule is O=C(c1ccc(OC2CCOC2)c(C2CC2)c1)N1C[C@@H]2CN(C(=O)C3CCc4[nH]nnc4C3)C[C@H]2C1. The summed E-state index contributed by atoms with van der Waals surface area (Å²) < 4.78 is 11.7. The molecule has 36 heavy (non-hydrogen) atoms. The van der Waals surface area contributed by atoms with Gasteiger partial charge in [-0.25, -0.2) is 0 Å². The molecule has 3 saturated heterocycles. The second kappa shape index (κ2) is 8.87. The lowest BCUT2D eigenvalue weighted by molar-refractivity contribution is -0.135. The molecule has 3 aliphatic heterocycles. The number of H-pyrrole nitrogens is 1. The maximum absolute atomic E-state index is 13.5. The predicted molar refractivity (Wildman–Crippen MR) is 130 cm³/mol. The number of aromatic amines is 1. The summed E-state index contributed by atoms with van der Waals surface area (Å²) in [5.41, 5.74) is 3.94. The second-order valence-electron chi connectivity index (χ2n) is 11.3. The molecule has 4 heterocycles. The van der Waals surface area contributed by atoms with Crippen molar-refractivity contribution >= 4 is 11.8 Å². The molecule has 1 aromatic carbocycles. The third-order valence-electron chi connectivity index (χ3n) is 8.78. The molecule has 2 unspecified atom stereocenters. The highest BCUT2D eigenvalue weighted by molar-refractivity contribution is 5.95. The fraction of sp³-hybridized carbons (Fsp3) is 0.630. The zero-order chi connectivity index (χ0) is 24.2. The Bertz CT molecular complexity index is 1160. The summed E-state index contributed by atoms with van der Waals surface area (Å²) in [7, 11) is 0. The van der Waals surface area contributed by atoms with Gasteiger partial charge < -0.3 is 19.3 Å². The summed E-state index contributed by atoms with van der Waals surface area (Å²) in [6.07, 6.45) is 5.71. The highest BCUT2D eigenvalue weighted by atomic mass is 16.5. The largest absolute Gasteiger partial charge is 0.488 e. The monoisotopic (exact) mass is 491 g/mol. The molecular weight excluding hydrogens is 458 g/mol. The van der Waals surface area contributed by atoms with Crippen LogP contribution in [0, 0.1) is 17.8 Å². The molecule has 9 nitrogen and oxygen atoms in total. The van der Waals surface area contributed by atoms with Crippen LogP contribution in [0.25, 0.3) is 0 Å². The molecule has 0 bridgehead atoms. The van der Waals surface area contributed by atoms with Crippen LogP contribution in [-0.2, 0) is 22.4 Å². The Morgan fingerprint density at radius 1 is 1.03 bits per heavy atom. The summed E-state index contributed by atoms with van der Waals surface area (Å²) in [5, 5.41) is 11.0. The highest BCUT2D eigenvalue weighted by Gasteiger charge is 2.44. The fourth-order valence-electron chi connectivity index (χ4n) is 6.57. The molecule has 0 spiro atoms. The quantitative estimate of drug-likeness (QED) is 0.688. The predicted octanol–water partition coefficient (Wildman–Crippen LogP) is 2.19. The first-order valence-corrected chi connectivity index (χ1v) is 13.5. The summed E-state index contributed by atoms with van der Waals surface area (Å²) in [6, 6.07) is 5.97. The molecule has 0 radical (unpaired) electrons. The summed E-state index contributed by atoms with van der Waals surface area (Å²) in [6.45, 7) is 4.34. The van der Waals surface area contributed by atoms with Gasteiger partial charge in [-0.1, -0.05) is 5.21 Å². The van der Waals surface area contributed by atoms with Crippen LogP contribution in [0.3, 0.4) is 0 Å². The molecule has 9 heteroatoms. The number of nitrogens with zero attached hydrogens (tertiary/aromatic N) is 4. The zero-order valence-corrected chi connectivity index (χ0v) is 20.5. The molecule has 1 N–H and O–H groups in total. The number of hydrogen-bond donors (Lipinski definition) is 1. The highest BCUT2D eigenvalue weighted by Crippen LogP contribution is 2.45. The first-order chi connectivity index (χ1) is 17.6. The fourth-order valence-corrected chi connectivity index (χ4v) is 6.57. The molecule has 2 amide bonds. The van der Waals surface area contributed by atoms with Crippen molar-refractivity contribution in [1.29, 1.82) is 0 Å². The van der Waals surface area contributed by atoms with Crippen molar-refractivity contribution in [2.24, 2.45) is 17.8 Å². The molecule has 4 fully saturated rings. The van der Waals surface area contributed by atoms with Crippen LogP contribution in [0.2, 0.25) is 0 Å². The van der Waals surface area contributed by atoms with Crippen molar-refractivity contribution < 1.29 is 19.1 Å². The van der Waals surface area contributed by atoms with Gasteiger partial charge in [-0.2, -0.15) is 0 Å². The Hall–Kier alpha value is -2.94. The Labute approximate surface area is 210 Å². The molecular formula is C27H33N5O4. The number of aryl methyl sites for hydroxylation is 1. The van der Waals surface area contributed by atoms with E-state index in [0.717, 1.165) is 87.6 Å². The summed E-state index contributed by atoms with van der Waals surface area (Å²) >= 11 is 0. The average Bonchev–Trinajstić information content (AvgIpc) is 3.27. The van der Waals surface area contributed by atoms with E-state index in [2.05, 4.69) is 21.5 Å². The Morgan fingerprint density at radius 3 is 2.58 bits per heavy atom. The third kappa shape index (κ3) is 4.07. The minimum absolute atomic E-state index is 0.00321. The lowest BCUT2D eigenvalue weighted by Crippen LogP contribution is -2.40. The number of amides is 2. The van der Waals surface area contributed by atoms with Gasteiger partial charge in [0.25, 0.3) is 5.91 Å². The van der Waals surface area contributed by atoms with Gasteiger partial charge in [-0.3, -0.25) is 14.7 Å². The summed E-state index contributed by atoms with van der Waals surface area (Å²) in [4.78, 5) is 30.7. The van der Waals surface area contributed by atoms with Crippen molar-refractivity contribution in [3.8, 4) is 5.75 Å². The number of carbonyl (C=O) groups excluding carboxylic acids is 2. The number of fused-ring (bicyclic) bond motifs is 2. The van der Waals surface area contributed by atoms with Gasteiger partial charge in [-0.15, -0.1) is 5.10 Å². The normalized spacial score (nSPS) is 29.3. The van der Waals surface area contributed by atoms with Crippen molar-refractivity contribution in [2.75, 3.05) is 39.4 Å². The van der Waals surface area contributed by atoms with Crippen molar-refractivity contribution in [3.05, 3.63) is 40.7 Å². The molecule has 7 rings (SSSR count). The van der Waals surface area contributed by atoms with E-state index in [1.165, 1.54) is 5.56 Å². The van der Waals surface area contributed by atoms with Crippen LogP contribution in [0.15, 0.2) is 18.2 Å². The topological polar surface area (TPSA) is 101 Å². The zero-order valence-electron chi connectivity index (χ0n) is 20.5. The van der Waals surface area contributed by atoms with E-state index < -0.39 is 0 Å². The van der Waals surface area contributed by atoms with Crippen molar-refractivity contribution in [2.45, 2.75) is 50.5 Å². The van der Waals surface area contributed by atoms with Crippen LogP contribution in [0.4, 0.5) is 0 Å². The van der Waals surface area contributed by atoms with Crippen LogP contribution in [-0.4, -0.2) is 82.5 Å². The number of ether oxygens (including phenoxy) is 2. The average molecular weight is 492 g/mol. The second-order valence-corrected chi connectivity index (χ2v) is 11.3. The molecule has 2 aromatic rings. The van der Waals surface area contributed by atoms with E-state index in [9.17, 15) is 9.59 Å². The van der Waals surface area contributed by atoms with E-state index in [1.54, 1.807) is 0 Å². The molecule has 1 aromatic heterocycles. The van der Waals surface area contributed by atoms with Gasteiger partial charge in [0.1, 0.15) is 11.9 Å². The van der Waals surface area contributed by atoms with E-state index in [0.29, 0.717) is 30.8 Å². The minimum atomic E-state index is -0.00321. The number of rotatable bonds is 5. The summed E-state index contributed by atoms with van der Waals surface area (Å²) in [5.74, 6) is 2.47. The first kappa shape index (κ1) is 22.3. The number of nitrogens with one attached hydrogen (secondary N) is 1. The Balaban J connectivity index is 0.985. The Kier molecular flexibility index (Phi) is 5.49.